The van der Waals surface area contributed by atoms with Crippen molar-refractivity contribution in [3.63, 3.8) is 0 Å². The third-order valence-electron chi connectivity index (χ3n) is 3.61. The van der Waals surface area contributed by atoms with E-state index in [4.69, 9.17) is 0 Å². The number of rotatable bonds is 3. The van der Waals surface area contributed by atoms with Crippen LogP contribution in [0.5, 0.6) is 0 Å². The molecule has 0 atom stereocenters. The predicted octanol–water partition coefficient (Wildman–Crippen LogP) is 0.878. The molecule has 1 fully saturated rings. The zero-order chi connectivity index (χ0) is 12.4. The number of likely N-dealkylation sites (tertiary alicyclic amines) is 1. The molecule has 6 heteroatoms. The molecule has 6 nitrogen and oxygen atoms in total. The second kappa shape index (κ2) is 4.89. The topological polar surface area (TPSA) is 58.4 Å². The molecule has 0 radical (unpaired) electrons. The highest BCUT2D eigenvalue weighted by atomic mass is 15.2. The summed E-state index contributed by atoms with van der Waals surface area (Å²) in [5.41, 5.74) is 0.797. The van der Waals surface area contributed by atoms with E-state index in [9.17, 15) is 0 Å². The average molecular weight is 246 g/mol. The normalized spacial score (nSPS) is 18.3. The van der Waals surface area contributed by atoms with Gasteiger partial charge in [0.25, 0.3) is 0 Å². The van der Waals surface area contributed by atoms with Gasteiger partial charge in [0.05, 0.1) is 0 Å². The maximum atomic E-state index is 4.33. The quantitative estimate of drug-likeness (QED) is 0.871. The molecule has 18 heavy (non-hydrogen) atoms. The molecule has 0 bridgehead atoms. The van der Waals surface area contributed by atoms with Gasteiger partial charge in [-0.25, -0.2) is 4.98 Å². The Balaban J connectivity index is 1.64. The Bertz CT molecular complexity index is 514. The highest BCUT2D eigenvalue weighted by Crippen LogP contribution is 2.17. The van der Waals surface area contributed by atoms with E-state index >= 15 is 0 Å². The van der Waals surface area contributed by atoms with Gasteiger partial charge in [-0.15, -0.1) is 10.2 Å². The van der Waals surface area contributed by atoms with E-state index in [0.717, 1.165) is 23.9 Å². The van der Waals surface area contributed by atoms with Gasteiger partial charge in [0, 0.05) is 18.9 Å². The van der Waals surface area contributed by atoms with Crippen LogP contribution in [0.25, 0.3) is 5.65 Å². The summed E-state index contributed by atoms with van der Waals surface area (Å²) in [6.07, 6.45) is 7.82. The van der Waals surface area contributed by atoms with Gasteiger partial charge in [0.1, 0.15) is 6.33 Å². The Hall–Kier alpha value is -1.69. The second-order valence-electron chi connectivity index (χ2n) is 4.97. The van der Waals surface area contributed by atoms with Gasteiger partial charge in [-0.05, 0) is 38.9 Å². The van der Waals surface area contributed by atoms with Gasteiger partial charge in [0.15, 0.2) is 5.82 Å². The number of aromatic nitrogens is 4. The number of hydrogen-bond donors (Lipinski definition) is 1. The molecule has 0 saturated carbocycles. The minimum absolute atomic E-state index is 0.728. The van der Waals surface area contributed by atoms with Crippen LogP contribution >= 0.6 is 0 Å². The largest absolute Gasteiger partial charge is 0.367 e. The number of fused-ring (bicyclic) bond motifs is 1. The number of nitrogens with zero attached hydrogens (tertiary/aromatic N) is 5. The molecule has 0 amide bonds. The lowest BCUT2D eigenvalue weighted by molar-refractivity contribution is 0.226. The first-order chi connectivity index (χ1) is 8.83. The molecule has 0 aromatic carbocycles. The van der Waals surface area contributed by atoms with Crippen LogP contribution < -0.4 is 5.32 Å². The Morgan fingerprint density at radius 1 is 1.39 bits per heavy atom. The third-order valence-corrected chi connectivity index (χ3v) is 3.61. The lowest BCUT2D eigenvalue weighted by atomic mass is 9.97. The van der Waals surface area contributed by atoms with Crippen LogP contribution in [0.3, 0.4) is 0 Å². The molecule has 96 valence electrons. The van der Waals surface area contributed by atoms with E-state index < -0.39 is 0 Å². The van der Waals surface area contributed by atoms with Crippen molar-refractivity contribution in [3.8, 4) is 0 Å². The molecule has 2 aromatic heterocycles. The van der Waals surface area contributed by atoms with Crippen molar-refractivity contribution in [1.29, 1.82) is 0 Å². The molecule has 3 rings (SSSR count). The Kier molecular flexibility index (Phi) is 3.10. The summed E-state index contributed by atoms with van der Waals surface area (Å²) in [6, 6.07) is 0. The van der Waals surface area contributed by atoms with E-state index in [-0.39, 0.29) is 0 Å². The Labute approximate surface area is 106 Å². The summed E-state index contributed by atoms with van der Waals surface area (Å²) >= 11 is 0. The van der Waals surface area contributed by atoms with E-state index in [0.29, 0.717) is 0 Å². The van der Waals surface area contributed by atoms with Gasteiger partial charge in [-0.2, -0.15) is 0 Å². The van der Waals surface area contributed by atoms with Gasteiger partial charge >= 0.3 is 0 Å². The molecule has 1 saturated heterocycles. The first-order valence-corrected chi connectivity index (χ1v) is 6.39. The molecule has 1 aliphatic heterocycles. The van der Waals surface area contributed by atoms with Crippen LogP contribution in [0.15, 0.2) is 18.7 Å². The first kappa shape index (κ1) is 11.4. The van der Waals surface area contributed by atoms with Gasteiger partial charge < -0.3 is 10.2 Å². The SMILES string of the molecule is CN1CCC(CNc2nccn3cnnc23)CC1. The predicted molar refractivity (Wildman–Crippen MR) is 69.5 cm³/mol. The molecule has 0 unspecified atom stereocenters. The fraction of sp³-hybridized carbons (Fsp3) is 0.583. The number of nitrogens with one attached hydrogen (secondary N) is 1. The van der Waals surface area contributed by atoms with Crippen molar-refractivity contribution < 1.29 is 0 Å². The Morgan fingerprint density at radius 3 is 3.06 bits per heavy atom. The molecule has 1 N–H and O–H groups in total. The van der Waals surface area contributed by atoms with E-state index in [1.807, 2.05) is 10.6 Å². The summed E-state index contributed by atoms with van der Waals surface area (Å²) < 4.78 is 1.88. The monoisotopic (exact) mass is 246 g/mol. The van der Waals surface area contributed by atoms with E-state index in [1.165, 1.54) is 25.9 Å². The van der Waals surface area contributed by atoms with Crippen molar-refractivity contribution in [2.24, 2.45) is 5.92 Å². The highest BCUT2D eigenvalue weighted by molar-refractivity contribution is 5.61. The third kappa shape index (κ3) is 2.28. The van der Waals surface area contributed by atoms with Crippen LogP contribution in [-0.2, 0) is 0 Å². The molecule has 3 heterocycles. The number of anilines is 1. The summed E-state index contributed by atoms with van der Waals surface area (Å²) in [4.78, 5) is 6.72. The Morgan fingerprint density at radius 2 is 2.22 bits per heavy atom. The maximum Gasteiger partial charge on any atom is 0.203 e. The summed E-state index contributed by atoms with van der Waals surface area (Å²) in [7, 11) is 2.18. The van der Waals surface area contributed by atoms with Crippen LogP contribution in [0.1, 0.15) is 12.8 Å². The molecule has 0 aliphatic carbocycles. The molecule has 2 aromatic rings. The molecule has 1 aliphatic rings. The summed E-state index contributed by atoms with van der Waals surface area (Å²) in [5.74, 6) is 1.56. The summed E-state index contributed by atoms with van der Waals surface area (Å²) in [6.45, 7) is 3.34. The van der Waals surface area contributed by atoms with Crippen LogP contribution in [0.4, 0.5) is 5.82 Å². The van der Waals surface area contributed by atoms with Crippen molar-refractivity contribution in [2.45, 2.75) is 12.8 Å². The fourth-order valence-electron chi connectivity index (χ4n) is 2.39. The molecular weight excluding hydrogens is 228 g/mol. The second-order valence-corrected chi connectivity index (χ2v) is 4.97. The van der Waals surface area contributed by atoms with Gasteiger partial charge in [-0.3, -0.25) is 4.40 Å². The van der Waals surface area contributed by atoms with Gasteiger partial charge in [-0.1, -0.05) is 0 Å². The maximum absolute atomic E-state index is 4.33. The van der Waals surface area contributed by atoms with Crippen LogP contribution in [0, 0.1) is 5.92 Å². The van der Waals surface area contributed by atoms with Crippen molar-refractivity contribution in [3.05, 3.63) is 18.7 Å². The first-order valence-electron chi connectivity index (χ1n) is 6.39. The minimum Gasteiger partial charge on any atom is -0.367 e. The fourth-order valence-corrected chi connectivity index (χ4v) is 2.39. The zero-order valence-electron chi connectivity index (χ0n) is 10.6. The van der Waals surface area contributed by atoms with Crippen LogP contribution in [0.2, 0.25) is 0 Å². The number of piperidine rings is 1. The highest BCUT2D eigenvalue weighted by Gasteiger charge is 2.16. The zero-order valence-corrected chi connectivity index (χ0v) is 10.6. The smallest absolute Gasteiger partial charge is 0.203 e. The van der Waals surface area contributed by atoms with Gasteiger partial charge in [0.2, 0.25) is 5.65 Å². The molecular formula is C12H18N6. The van der Waals surface area contributed by atoms with Crippen molar-refractivity contribution in [2.75, 3.05) is 32.0 Å². The standard InChI is InChI=1S/C12H18N6/c1-17-5-2-10(3-6-17)8-14-11-12-16-15-9-18(12)7-4-13-11/h4,7,9-10H,2-3,5-6,8H2,1H3,(H,13,14). The summed E-state index contributed by atoms with van der Waals surface area (Å²) in [5, 5.41) is 11.4. The average Bonchev–Trinajstić information content (AvgIpc) is 2.87. The van der Waals surface area contributed by atoms with E-state index in [1.54, 1.807) is 12.5 Å². The van der Waals surface area contributed by atoms with Crippen molar-refractivity contribution in [1.82, 2.24) is 24.5 Å². The lowest BCUT2D eigenvalue weighted by Gasteiger charge is -2.29. The minimum atomic E-state index is 0.728. The lowest BCUT2D eigenvalue weighted by Crippen LogP contribution is -2.33. The van der Waals surface area contributed by atoms with Crippen molar-refractivity contribution >= 4 is 11.5 Å². The number of hydrogen-bond acceptors (Lipinski definition) is 5. The van der Waals surface area contributed by atoms with Crippen LogP contribution in [-0.4, -0.2) is 51.2 Å². The molecule has 0 spiro atoms. The van der Waals surface area contributed by atoms with E-state index in [2.05, 4.69) is 32.4 Å².